The highest BCUT2D eigenvalue weighted by Gasteiger charge is 1.97. The molecule has 1 rings (SSSR count). The van der Waals surface area contributed by atoms with Gasteiger partial charge in [-0.1, -0.05) is 18.2 Å². The molecular formula is C11H9N. The molecule has 0 fully saturated rings. The van der Waals surface area contributed by atoms with Gasteiger partial charge in [0.2, 0.25) is 0 Å². The van der Waals surface area contributed by atoms with Crippen LogP contribution in [0.25, 0.3) is 0 Å². The number of benzene rings is 1. The van der Waals surface area contributed by atoms with Crippen LogP contribution in [0.5, 0.6) is 0 Å². The number of hydrogen-bond acceptors (Lipinski definition) is 1. The summed E-state index contributed by atoms with van der Waals surface area (Å²) in [5.41, 5.74) is 1.77. The standard InChI is InChI=1S/C11H9N/c1-2-3-6-10-7-4-5-8-11(10)9-12/h1,4-5,7-8H,3,6H2. The van der Waals surface area contributed by atoms with Gasteiger partial charge >= 0.3 is 0 Å². The van der Waals surface area contributed by atoms with Crippen LogP contribution < -0.4 is 0 Å². The lowest BCUT2D eigenvalue weighted by molar-refractivity contribution is 1.02. The Hall–Kier alpha value is -1.73. The SMILES string of the molecule is C#CCCc1ccccc1C#N. The van der Waals surface area contributed by atoms with Crippen LogP contribution in [0.1, 0.15) is 17.5 Å². The molecule has 0 aliphatic carbocycles. The molecule has 0 atom stereocenters. The summed E-state index contributed by atoms with van der Waals surface area (Å²) in [6.07, 6.45) is 6.62. The zero-order valence-electron chi connectivity index (χ0n) is 6.75. The third-order valence-electron chi connectivity index (χ3n) is 1.68. The minimum Gasteiger partial charge on any atom is -0.192 e. The van der Waals surface area contributed by atoms with Crippen molar-refractivity contribution in [1.82, 2.24) is 0 Å². The van der Waals surface area contributed by atoms with Gasteiger partial charge in [0.25, 0.3) is 0 Å². The van der Waals surface area contributed by atoms with E-state index in [0.717, 1.165) is 17.5 Å². The summed E-state index contributed by atoms with van der Waals surface area (Å²) in [5, 5.41) is 8.72. The zero-order valence-corrected chi connectivity index (χ0v) is 6.75. The van der Waals surface area contributed by atoms with Crippen molar-refractivity contribution in [3.63, 3.8) is 0 Å². The Balaban J connectivity index is 2.86. The fourth-order valence-corrected chi connectivity index (χ4v) is 1.05. The number of nitriles is 1. The van der Waals surface area contributed by atoms with Gasteiger partial charge in [0.1, 0.15) is 0 Å². The summed E-state index contributed by atoms with van der Waals surface area (Å²) in [4.78, 5) is 0. The van der Waals surface area contributed by atoms with Crippen molar-refractivity contribution in [2.45, 2.75) is 12.8 Å². The fraction of sp³-hybridized carbons (Fsp3) is 0.182. The molecule has 1 nitrogen and oxygen atoms in total. The zero-order chi connectivity index (χ0) is 8.81. The summed E-state index contributed by atoms with van der Waals surface area (Å²) < 4.78 is 0. The Morgan fingerprint density at radius 1 is 1.33 bits per heavy atom. The van der Waals surface area contributed by atoms with E-state index in [2.05, 4.69) is 12.0 Å². The largest absolute Gasteiger partial charge is 0.192 e. The van der Waals surface area contributed by atoms with E-state index in [0.29, 0.717) is 6.42 Å². The van der Waals surface area contributed by atoms with Crippen LogP contribution >= 0.6 is 0 Å². The minimum atomic E-state index is 0.693. The van der Waals surface area contributed by atoms with Crippen LogP contribution in [0.3, 0.4) is 0 Å². The topological polar surface area (TPSA) is 23.8 Å². The first-order valence-corrected chi connectivity index (χ1v) is 3.80. The molecule has 0 heterocycles. The van der Waals surface area contributed by atoms with Crippen LogP contribution in [0.4, 0.5) is 0 Å². The Kier molecular flexibility index (Phi) is 2.94. The molecule has 58 valence electrons. The molecule has 0 aromatic heterocycles. The lowest BCUT2D eigenvalue weighted by atomic mass is 10.0. The number of terminal acetylenes is 1. The molecule has 0 unspecified atom stereocenters. The first kappa shape index (κ1) is 8.37. The first-order chi connectivity index (χ1) is 5.88. The van der Waals surface area contributed by atoms with Crippen molar-refractivity contribution in [2.24, 2.45) is 0 Å². The lowest BCUT2D eigenvalue weighted by Crippen LogP contribution is -1.88. The molecule has 0 radical (unpaired) electrons. The minimum absolute atomic E-state index is 0.693. The van der Waals surface area contributed by atoms with Crippen LogP contribution in [-0.4, -0.2) is 0 Å². The first-order valence-electron chi connectivity index (χ1n) is 3.80. The smallest absolute Gasteiger partial charge is 0.0994 e. The second-order valence-corrected chi connectivity index (χ2v) is 2.47. The molecule has 0 saturated heterocycles. The van der Waals surface area contributed by atoms with Gasteiger partial charge in [0.05, 0.1) is 11.6 Å². The highest BCUT2D eigenvalue weighted by molar-refractivity contribution is 5.37. The van der Waals surface area contributed by atoms with E-state index in [1.807, 2.05) is 24.3 Å². The van der Waals surface area contributed by atoms with E-state index in [1.165, 1.54) is 0 Å². The summed E-state index contributed by atoms with van der Waals surface area (Å²) in [6, 6.07) is 9.67. The predicted octanol–water partition coefficient (Wildman–Crippen LogP) is 2.12. The summed E-state index contributed by atoms with van der Waals surface area (Å²) >= 11 is 0. The maximum Gasteiger partial charge on any atom is 0.0994 e. The third kappa shape index (κ3) is 1.87. The normalized spacial score (nSPS) is 8.50. The summed E-state index contributed by atoms with van der Waals surface area (Å²) in [5.74, 6) is 2.56. The molecule has 0 aliphatic heterocycles. The Labute approximate surface area is 72.6 Å². The maximum absolute atomic E-state index is 8.72. The Morgan fingerprint density at radius 3 is 2.75 bits per heavy atom. The third-order valence-corrected chi connectivity index (χ3v) is 1.68. The van der Waals surface area contributed by atoms with Crippen molar-refractivity contribution in [2.75, 3.05) is 0 Å². The fourth-order valence-electron chi connectivity index (χ4n) is 1.05. The molecule has 1 aromatic rings. The van der Waals surface area contributed by atoms with Crippen LogP contribution in [0.2, 0.25) is 0 Å². The molecule has 0 amide bonds. The van der Waals surface area contributed by atoms with Gasteiger partial charge in [-0.15, -0.1) is 12.3 Å². The molecule has 1 heteroatoms. The average Bonchev–Trinajstić information content (AvgIpc) is 2.15. The van der Waals surface area contributed by atoms with Gasteiger partial charge in [-0.05, 0) is 18.1 Å². The van der Waals surface area contributed by atoms with Crippen molar-refractivity contribution < 1.29 is 0 Å². The number of aryl methyl sites for hydroxylation is 1. The second kappa shape index (κ2) is 4.21. The molecule has 12 heavy (non-hydrogen) atoms. The van der Waals surface area contributed by atoms with Crippen molar-refractivity contribution in [3.8, 4) is 18.4 Å². The van der Waals surface area contributed by atoms with Gasteiger partial charge in [0.15, 0.2) is 0 Å². The Morgan fingerprint density at radius 2 is 2.08 bits per heavy atom. The quantitative estimate of drug-likeness (QED) is 0.600. The molecule has 0 spiro atoms. The molecule has 0 N–H and O–H groups in total. The van der Waals surface area contributed by atoms with Crippen molar-refractivity contribution >= 4 is 0 Å². The average molecular weight is 155 g/mol. The summed E-state index contributed by atoms with van der Waals surface area (Å²) in [6.45, 7) is 0. The molecule has 0 aliphatic rings. The van der Waals surface area contributed by atoms with Crippen LogP contribution in [0.15, 0.2) is 24.3 Å². The van der Waals surface area contributed by atoms with Gasteiger partial charge in [-0.25, -0.2) is 0 Å². The molecule has 1 aromatic carbocycles. The van der Waals surface area contributed by atoms with Crippen molar-refractivity contribution in [3.05, 3.63) is 35.4 Å². The lowest BCUT2D eigenvalue weighted by Gasteiger charge is -1.98. The Bertz CT molecular complexity index is 339. The second-order valence-electron chi connectivity index (χ2n) is 2.47. The van der Waals surface area contributed by atoms with Gasteiger partial charge < -0.3 is 0 Å². The van der Waals surface area contributed by atoms with E-state index < -0.39 is 0 Å². The maximum atomic E-state index is 8.72. The van der Waals surface area contributed by atoms with Gasteiger partial charge in [-0.3, -0.25) is 0 Å². The predicted molar refractivity (Wildman–Crippen MR) is 48.3 cm³/mol. The van der Waals surface area contributed by atoms with E-state index in [4.69, 9.17) is 11.7 Å². The van der Waals surface area contributed by atoms with Crippen molar-refractivity contribution in [1.29, 1.82) is 5.26 Å². The highest BCUT2D eigenvalue weighted by atomic mass is 14.2. The number of hydrogen-bond donors (Lipinski definition) is 0. The monoisotopic (exact) mass is 155 g/mol. The summed E-state index contributed by atoms with van der Waals surface area (Å²) in [7, 11) is 0. The number of rotatable bonds is 2. The highest BCUT2D eigenvalue weighted by Crippen LogP contribution is 2.08. The van der Waals surface area contributed by atoms with Crippen LogP contribution in [-0.2, 0) is 6.42 Å². The number of nitrogens with zero attached hydrogens (tertiary/aromatic N) is 1. The van der Waals surface area contributed by atoms with Gasteiger partial charge in [-0.2, -0.15) is 5.26 Å². The molecule has 0 saturated carbocycles. The molecular weight excluding hydrogens is 146 g/mol. The van der Waals surface area contributed by atoms with E-state index in [-0.39, 0.29) is 0 Å². The van der Waals surface area contributed by atoms with Crippen LogP contribution in [0, 0.1) is 23.7 Å². The van der Waals surface area contributed by atoms with E-state index in [1.54, 1.807) is 0 Å². The van der Waals surface area contributed by atoms with E-state index in [9.17, 15) is 0 Å². The van der Waals surface area contributed by atoms with Gasteiger partial charge in [0, 0.05) is 6.42 Å². The molecule has 0 bridgehead atoms. The van der Waals surface area contributed by atoms with E-state index >= 15 is 0 Å².